The number of ketones is 1. The monoisotopic (exact) mass is 452 g/mol. The molecule has 0 fully saturated rings. The molecule has 0 radical (unpaired) electrons. The number of pyridine rings is 1. The number of benzene rings is 2. The fraction of sp³-hybridized carbons (Fsp3) is 0.167. The van der Waals surface area contributed by atoms with Crippen molar-refractivity contribution in [3.63, 3.8) is 0 Å². The molecule has 0 amide bonds. The Morgan fingerprint density at radius 2 is 1.57 bits per heavy atom. The van der Waals surface area contributed by atoms with Crippen molar-refractivity contribution in [2.45, 2.75) is 25.7 Å². The molecule has 0 saturated carbocycles. The summed E-state index contributed by atoms with van der Waals surface area (Å²) in [7, 11) is 0. The quantitative estimate of drug-likeness (QED) is 0.341. The van der Waals surface area contributed by atoms with Gasteiger partial charge in [0.25, 0.3) is 0 Å². The van der Waals surface area contributed by atoms with Crippen LogP contribution < -0.4 is 5.73 Å². The number of fused-ring (bicyclic) bond motifs is 2. The third-order valence-corrected chi connectivity index (χ3v) is 7.20. The number of anilines is 1. The maximum atomic E-state index is 13.2. The highest BCUT2D eigenvalue weighted by atomic mass is 35.5. The van der Waals surface area contributed by atoms with E-state index in [1.807, 2.05) is 24.3 Å². The summed E-state index contributed by atoms with van der Waals surface area (Å²) in [5.41, 5.74) is 12.2. The number of aromatic nitrogens is 1. The second-order valence-electron chi connectivity index (χ2n) is 7.49. The van der Waals surface area contributed by atoms with Gasteiger partial charge in [0, 0.05) is 26.7 Å². The summed E-state index contributed by atoms with van der Waals surface area (Å²) >= 11 is 13.5. The molecule has 0 spiro atoms. The zero-order chi connectivity index (χ0) is 20.8. The number of hydrogen-bond donors (Lipinski definition) is 1. The lowest BCUT2D eigenvalue weighted by Crippen LogP contribution is -2.08. The highest BCUT2D eigenvalue weighted by Gasteiger charge is 2.26. The molecule has 1 aliphatic carbocycles. The van der Waals surface area contributed by atoms with E-state index in [0.29, 0.717) is 26.2 Å². The maximum absolute atomic E-state index is 13.2. The molecule has 0 aliphatic heterocycles. The smallest absolute Gasteiger partial charge is 0.205 e. The van der Waals surface area contributed by atoms with E-state index in [0.717, 1.165) is 52.7 Å². The number of carbonyl (C=O) groups excluding carboxylic acids is 1. The van der Waals surface area contributed by atoms with Gasteiger partial charge in [0.15, 0.2) is 0 Å². The van der Waals surface area contributed by atoms with Gasteiger partial charge in [0.05, 0.1) is 5.69 Å². The summed E-state index contributed by atoms with van der Waals surface area (Å²) in [6.07, 6.45) is 4.17. The number of thiophene rings is 1. The Labute approximate surface area is 188 Å². The summed E-state index contributed by atoms with van der Waals surface area (Å²) in [6.45, 7) is 0. The third-order valence-electron chi connectivity index (χ3n) is 5.60. The van der Waals surface area contributed by atoms with E-state index in [-0.39, 0.29) is 5.78 Å². The number of halogens is 2. The van der Waals surface area contributed by atoms with Crippen molar-refractivity contribution in [3.8, 4) is 11.1 Å². The van der Waals surface area contributed by atoms with Crippen molar-refractivity contribution in [3.05, 3.63) is 80.3 Å². The van der Waals surface area contributed by atoms with Crippen molar-refractivity contribution in [1.82, 2.24) is 4.98 Å². The van der Waals surface area contributed by atoms with E-state index in [4.69, 9.17) is 33.9 Å². The minimum absolute atomic E-state index is 0.104. The Morgan fingerprint density at radius 3 is 2.27 bits per heavy atom. The highest BCUT2D eigenvalue weighted by molar-refractivity contribution is 7.21. The van der Waals surface area contributed by atoms with Gasteiger partial charge in [-0.15, -0.1) is 11.3 Å². The fourth-order valence-corrected chi connectivity index (χ4v) is 5.48. The molecule has 3 nitrogen and oxygen atoms in total. The summed E-state index contributed by atoms with van der Waals surface area (Å²) in [6, 6.07) is 14.7. The molecular weight excluding hydrogens is 435 g/mol. The van der Waals surface area contributed by atoms with Gasteiger partial charge in [-0.25, -0.2) is 4.98 Å². The summed E-state index contributed by atoms with van der Waals surface area (Å²) in [5, 5.41) is 2.16. The normalized spacial score (nSPS) is 13.4. The van der Waals surface area contributed by atoms with Crippen LogP contribution in [0.5, 0.6) is 0 Å². The molecule has 30 heavy (non-hydrogen) atoms. The number of nitrogen functional groups attached to an aromatic ring is 1. The van der Waals surface area contributed by atoms with Crippen LogP contribution in [0.25, 0.3) is 21.3 Å². The van der Waals surface area contributed by atoms with Crippen LogP contribution in [0.3, 0.4) is 0 Å². The Kier molecular flexibility index (Phi) is 5.02. The van der Waals surface area contributed by atoms with Gasteiger partial charge in [0.1, 0.15) is 9.71 Å². The van der Waals surface area contributed by atoms with E-state index in [9.17, 15) is 4.79 Å². The van der Waals surface area contributed by atoms with Gasteiger partial charge >= 0.3 is 0 Å². The van der Waals surface area contributed by atoms with Gasteiger partial charge in [-0.3, -0.25) is 4.79 Å². The molecule has 1 aliphatic rings. The molecule has 4 aromatic rings. The molecule has 0 atom stereocenters. The molecule has 2 heterocycles. The Bertz CT molecular complexity index is 1280. The summed E-state index contributed by atoms with van der Waals surface area (Å²) in [5.74, 6) is -0.104. The molecule has 2 aromatic carbocycles. The van der Waals surface area contributed by atoms with Gasteiger partial charge in [-0.2, -0.15) is 0 Å². The van der Waals surface area contributed by atoms with Crippen molar-refractivity contribution >= 4 is 56.2 Å². The highest BCUT2D eigenvalue weighted by Crippen LogP contribution is 2.44. The second-order valence-corrected chi connectivity index (χ2v) is 9.36. The van der Waals surface area contributed by atoms with Crippen molar-refractivity contribution in [1.29, 1.82) is 0 Å². The number of nitrogens with zero attached hydrogens (tertiary/aromatic N) is 1. The molecule has 0 bridgehead atoms. The number of aryl methyl sites for hydroxylation is 1. The van der Waals surface area contributed by atoms with Gasteiger partial charge in [-0.1, -0.05) is 35.3 Å². The summed E-state index contributed by atoms with van der Waals surface area (Å²) in [4.78, 5) is 19.5. The predicted octanol–water partition coefficient (Wildman–Crippen LogP) is 6.96. The molecule has 0 saturated heterocycles. The van der Waals surface area contributed by atoms with E-state index >= 15 is 0 Å². The molecule has 2 N–H and O–H groups in total. The topological polar surface area (TPSA) is 56.0 Å². The first-order valence-corrected chi connectivity index (χ1v) is 11.4. The van der Waals surface area contributed by atoms with Crippen molar-refractivity contribution < 1.29 is 4.79 Å². The van der Waals surface area contributed by atoms with Crippen LogP contribution in [0, 0.1) is 0 Å². The molecule has 0 unspecified atom stereocenters. The minimum atomic E-state index is -0.104. The lowest BCUT2D eigenvalue weighted by Gasteiger charge is -2.20. The van der Waals surface area contributed by atoms with Crippen LogP contribution in [0.15, 0.2) is 48.5 Å². The van der Waals surface area contributed by atoms with E-state index < -0.39 is 0 Å². The Hall–Kier alpha value is -2.40. The van der Waals surface area contributed by atoms with Crippen LogP contribution in [0.4, 0.5) is 5.69 Å². The molecule has 150 valence electrons. The van der Waals surface area contributed by atoms with Crippen LogP contribution >= 0.6 is 34.5 Å². The number of nitrogens with two attached hydrogens (primary N) is 1. The van der Waals surface area contributed by atoms with Crippen molar-refractivity contribution in [2.24, 2.45) is 0 Å². The van der Waals surface area contributed by atoms with Gasteiger partial charge in [-0.05, 0) is 78.8 Å². The van der Waals surface area contributed by atoms with Crippen LogP contribution in [0.1, 0.15) is 39.3 Å². The predicted molar refractivity (Wildman–Crippen MR) is 126 cm³/mol. The molecule has 5 rings (SSSR count). The molecule has 2 aromatic heterocycles. The van der Waals surface area contributed by atoms with Gasteiger partial charge in [0.2, 0.25) is 5.78 Å². The first kappa shape index (κ1) is 19.6. The lowest BCUT2D eigenvalue weighted by molar-refractivity contribution is 0.104. The average Bonchev–Trinajstić information content (AvgIpc) is 3.09. The van der Waals surface area contributed by atoms with E-state index in [1.54, 1.807) is 24.3 Å². The fourth-order valence-electron chi connectivity index (χ4n) is 4.14. The summed E-state index contributed by atoms with van der Waals surface area (Å²) < 4.78 is 0. The van der Waals surface area contributed by atoms with Crippen LogP contribution in [0.2, 0.25) is 10.0 Å². The number of rotatable bonds is 3. The first-order chi connectivity index (χ1) is 14.5. The Balaban J connectivity index is 1.76. The first-order valence-electron chi connectivity index (χ1n) is 9.83. The second kappa shape index (κ2) is 7.69. The van der Waals surface area contributed by atoms with Crippen molar-refractivity contribution in [2.75, 3.05) is 5.73 Å². The van der Waals surface area contributed by atoms with E-state index in [2.05, 4.69) is 0 Å². The van der Waals surface area contributed by atoms with Gasteiger partial charge < -0.3 is 5.73 Å². The number of carbonyl (C=O) groups is 1. The third kappa shape index (κ3) is 3.29. The Morgan fingerprint density at radius 1 is 0.933 bits per heavy atom. The van der Waals surface area contributed by atoms with Crippen LogP contribution in [-0.4, -0.2) is 10.8 Å². The SMILES string of the molecule is Nc1c(C(=O)c2ccc(Cl)cc2)sc2nc3c(c(-c4ccc(Cl)cc4)c12)CCCC3. The van der Waals surface area contributed by atoms with Crippen LogP contribution in [-0.2, 0) is 12.8 Å². The minimum Gasteiger partial charge on any atom is -0.397 e. The lowest BCUT2D eigenvalue weighted by atomic mass is 9.87. The largest absolute Gasteiger partial charge is 0.397 e. The zero-order valence-corrected chi connectivity index (χ0v) is 18.4. The maximum Gasteiger partial charge on any atom is 0.205 e. The molecular formula is C24H18Cl2N2OS. The van der Waals surface area contributed by atoms with E-state index in [1.165, 1.54) is 16.9 Å². The standard InChI is InChI=1S/C24H18Cl2N2OS/c25-15-9-5-13(6-10-15)19-17-3-1-2-4-18(17)28-24-20(19)21(27)23(30-24)22(29)14-7-11-16(26)12-8-14/h5-12H,1-4,27H2. The average molecular weight is 453 g/mol. The molecule has 6 heteroatoms. The zero-order valence-electron chi connectivity index (χ0n) is 16.0. The number of hydrogen-bond acceptors (Lipinski definition) is 4.